The van der Waals surface area contributed by atoms with E-state index >= 15 is 0 Å². The molecule has 2 rings (SSSR count). The van der Waals surface area contributed by atoms with Gasteiger partial charge in [-0.15, -0.1) is 0 Å². The van der Waals surface area contributed by atoms with Crippen LogP contribution in [0, 0.1) is 0 Å². The van der Waals surface area contributed by atoms with Crippen molar-refractivity contribution in [3.63, 3.8) is 0 Å². The Hall–Kier alpha value is -0.910. The predicted octanol–water partition coefficient (Wildman–Crippen LogP) is 2.75. The number of esters is 1. The van der Waals surface area contributed by atoms with E-state index in [1.807, 2.05) is 0 Å². The van der Waals surface area contributed by atoms with Crippen LogP contribution in [0.5, 0.6) is 0 Å². The molecule has 0 aliphatic carbocycles. The smallest absolute Gasteiger partial charge is 0.308 e. The van der Waals surface area contributed by atoms with Crippen LogP contribution in [0.15, 0.2) is 11.6 Å². The lowest BCUT2D eigenvalue weighted by Crippen LogP contribution is -2.37. The van der Waals surface area contributed by atoms with E-state index in [0.29, 0.717) is 12.8 Å². The number of aliphatic hydroxyl groups excluding tert-OH is 1. The van der Waals surface area contributed by atoms with Crippen molar-refractivity contribution in [1.29, 1.82) is 0 Å². The minimum Gasteiger partial charge on any atom is -0.462 e. The third-order valence-electron chi connectivity index (χ3n) is 4.59. The maximum atomic E-state index is 12.2. The Morgan fingerprint density at radius 2 is 2.09 bits per heavy atom. The van der Waals surface area contributed by atoms with Gasteiger partial charge in [0.1, 0.15) is 6.10 Å². The molecular weight excluding hydrogens is 296 g/mol. The second kappa shape index (κ2) is 8.81. The van der Waals surface area contributed by atoms with Crippen LogP contribution in [0.25, 0.3) is 0 Å². The van der Waals surface area contributed by atoms with Crippen molar-refractivity contribution < 1.29 is 24.1 Å². The molecule has 132 valence electrons. The van der Waals surface area contributed by atoms with Gasteiger partial charge >= 0.3 is 5.97 Å². The van der Waals surface area contributed by atoms with Gasteiger partial charge < -0.3 is 19.3 Å². The highest BCUT2D eigenvalue weighted by Gasteiger charge is 2.31. The number of hydrogen-bond acceptors (Lipinski definition) is 5. The topological polar surface area (TPSA) is 65.0 Å². The predicted molar refractivity (Wildman–Crippen MR) is 87.1 cm³/mol. The maximum absolute atomic E-state index is 12.2. The molecule has 2 heterocycles. The van der Waals surface area contributed by atoms with Crippen molar-refractivity contribution in [3.05, 3.63) is 11.6 Å². The van der Waals surface area contributed by atoms with Crippen molar-refractivity contribution in [3.8, 4) is 0 Å². The van der Waals surface area contributed by atoms with Crippen molar-refractivity contribution in [2.75, 3.05) is 7.11 Å². The summed E-state index contributed by atoms with van der Waals surface area (Å²) in [7, 11) is 1.70. The number of hydrogen-bond donors (Lipinski definition) is 1. The molecule has 1 N–H and O–H groups in total. The standard InChI is InChI=1S/C18H30O5/c1-4-5-14-10-15(21-3)6-12(2)7-16-8-13(19)9-17(22-16)11-18(20)23-14/h7,13-17,19H,4-6,8-11H2,1-3H3/b12-7-/t13-,14-,15-,16-,17-/m0/s1. The summed E-state index contributed by atoms with van der Waals surface area (Å²) in [5.74, 6) is -0.238. The zero-order valence-electron chi connectivity index (χ0n) is 14.5. The molecule has 23 heavy (non-hydrogen) atoms. The van der Waals surface area contributed by atoms with Gasteiger partial charge in [0, 0.05) is 26.4 Å². The first-order chi connectivity index (χ1) is 11.0. The lowest BCUT2D eigenvalue weighted by Gasteiger charge is -2.33. The van der Waals surface area contributed by atoms with E-state index < -0.39 is 6.10 Å². The molecule has 0 saturated carbocycles. The van der Waals surface area contributed by atoms with Crippen LogP contribution in [0.4, 0.5) is 0 Å². The number of fused-ring (bicyclic) bond motifs is 2. The summed E-state index contributed by atoms with van der Waals surface area (Å²) in [6, 6.07) is 0. The third-order valence-corrected chi connectivity index (χ3v) is 4.59. The number of rotatable bonds is 3. The number of cyclic esters (lactones) is 1. The molecule has 1 saturated heterocycles. The Balaban J connectivity index is 2.17. The molecule has 2 aliphatic heterocycles. The number of methoxy groups -OCH3 is 1. The maximum Gasteiger partial charge on any atom is 0.308 e. The lowest BCUT2D eigenvalue weighted by molar-refractivity contribution is -0.158. The van der Waals surface area contributed by atoms with E-state index in [2.05, 4.69) is 19.9 Å². The Labute approximate surface area is 139 Å². The summed E-state index contributed by atoms with van der Waals surface area (Å²) < 4.78 is 17.2. The van der Waals surface area contributed by atoms with Crippen LogP contribution in [0.2, 0.25) is 0 Å². The Morgan fingerprint density at radius 3 is 2.78 bits per heavy atom. The number of carbonyl (C=O) groups is 1. The van der Waals surface area contributed by atoms with E-state index in [1.165, 1.54) is 5.57 Å². The summed E-state index contributed by atoms with van der Waals surface area (Å²) in [5, 5.41) is 10.0. The Morgan fingerprint density at radius 1 is 1.30 bits per heavy atom. The van der Waals surface area contributed by atoms with Gasteiger partial charge in [0.25, 0.3) is 0 Å². The van der Waals surface area contributed by atoms with Gasteiger partial charge in [-0.2, -0.15) is 0 Å². The molecule has 1 fully saturated rings. The van der Waals surface area contributed by atoms with E-state index in [1.54, 1.807) is 7.11 Å². The molecule has 0 unspecified atom stereocenters. The highest BCUT2D eigenvalue weighted by Crippen LogP contribution is 2.27. The molecule has 0 aromatic rings. The first-order valence-electron chi connectivity index (χ1n) is 8.73. The van der Waals surface area contributed by atoms with Gasteiger partial charge in [-0.25, -0.2) is 0 Å². The quantitative estimate of drug-likeness (QED) is 0.638. The molecule has 2 aliphatic rings. The molecule has 5 atom stereocenters. The monoisotopic (exact) mass is 326 g/mol. The summed E-state index contributed by atoms with van der Waals surface area (Å²) in [6.07, 6.45) is 5.75. The van der Waals surface area contributed by atoms with Gasteiger partial charge in [-0.1, -0.05) is 25.0 Å². The fraction of sp³-hybridized carbons (Fsp3) is 0.833. The highest BCUT2D eigenvalue weighted by molar-refractivity contribution is 5.70. The lowest BCUT2D eigenvalue weighted by atomic mass is 9.95. The molecule has 0 aromatic heterocycles. The van der Waals surface area contributed by atoms with Gasteiger partial charge in [0.2, 0.25) is 0 Å². The summed E-state index contributed by atoms with van der Waals surface area (Å²) in [4.78, 5) is 12.2. The summed E-state index contributed by atoms with van der Waals surface area (Å²) in [5.41, 5.74) is 1.19. The van der Waals surface area contributed by atoms with Crippen LogP contribution >= 0.6 is 0 Å². The molecule has 0 aromatic carbocycles. The second-order valence-electron chi connectivity index (χ2n) is 6.84. The van der Waals surface area contributed by atoms with E-state index in [-0.39, 0.29) is 36.8 Å². The number of carbonyl (C=O) groups excluding carboxylic acids is 1. The molecule has 5 nitrogen and oxygen atoms in total. The minimum atomic E-state index is -0.428. The molecule has 0 spiro atoms. The van der Waals surface area contributed by atoms with E-state index in [4.69, 9.17) is 14.2 Å². The first-order valence-corrected chi connectivity index (χ1v) is 8.73. The third kappa shape index (κ3) is 5.90. The molecule has 0 amide bonds. The van der Waals surface area contributed by atoms with E-state index in [0.717, 1.165) is 25.7 Å². The average molecular weight is 326 g/mol. The van der Waals surface area contributed by atoms with Crippen molar-refractivity contribution in [2.45, 2.75) is 89.3 Å². The van der Waals surface area contributed by atoms with E-state index in [9.17, 15) is 9.90 Å². The average Bonchev–Trinajstić information content (AvgIpc) is 2.44. The molecule has 2 bridgehead atoms. The van der Waals surface area contributed by atoms with Crippen LogP contribution < -0.4 is 0 Å². The van der Waals surface area contributed by atoms with Crippen LogP contribution in [0.3, 0.4) is 0 Å². The number of ether oxygens (including phenoxy) is 3. The Kier molecular flexibility index (Phi) is 7.06. The fourth-order valence-electron chi connectivity index (χ4n) is 3.53. The fourth-order valence-corrected chi connectivity index (χ4v) is 3.53. The van der Waals surface area contributed by atoms with Crippen LogP contribution in [-0.2, 0) is 19.0 Å². The molecule has 5 heteroatoms. The van der Waals surface area contributed by atoms with Gasteiger partial charge in [0.15, 0.2) is 0 Å². The second-order valence-corrected chi connectivity index (χ2v) is 6.84. The minimum absolute atomic E-state index is 0.0272. The van der Waals surface area contributed by atoms with Gasteiger partial charge in [-0.05, 0) is 19.8 Å². The van der Waals surface area contributed by atoms with Gasteiger partial charge in [-0.3, -0.25) is 4.79 Å². The van der Waals surface area contributed by atoms with Gasteiger partial charge in [0.05, 0.1) is 30.8 Å². The summed E-state index contributed by atoms with van der Waals surface area (Å²) in [6.45, 7) is 4.15. The van der Waals surface area contributed by atoms with Crippen molar-refractivity contribution >= 4 is 5.97 Å². The normalized spacial score (nSPS) is 38.7. The van der Waals surface area contributed by atoms with Crippen molar-refractivity contribution in [2.24, 2.45) is 0 Å². The molecular formula is C18H30O5. The van der Waals surface area contributed by atoms with Crippen LogP contribution in [-0.4, -0.2) is 48.7 Å². The zero-order valence-corrected chi connectivity index (χ0v) is 14.5. The largest absolute Gasteiger partial charge is 0.462 e. The number of aliphatic hydroxyl groups is 1. The molecule has 0 radical (unpaired) electrons. The zero-order chi connectivity index (χ0) is 16.8. The summed E-state index contributed by atoms with van der Waals surface area (Å²) >= 11 is 0. The SMILES string of the molecule is CCC[C@H]1C[C@@H](OC)C/C(C)=C\[C@H]2C[C@H](O)C[C@@H](CC(=O)O1)O2. The van der Waals surface area contributed by atoms with Crippen molar-refractivity contribution in [1.82, 2.24) is 0 Å². The Bertz CT molecular complexity index is 420. The first kappa shape index (κ1) is 18.4. The highest BCUT2D eigenvalue weighted by atomic mass is 16.6. The van der Waals surface area contributed by atoms with Crippen LogP contribution in [0.1, 0.15) is 58.8 Å².